The predicted molar refractivity (Wildman–Crippen MR) is 89.3 cm³/mol. The number of anilines is 1. The second-order valence-corrected chi connectivity index (χ2v) is 7.92. The summed E-state index contributed by atoms with van der Waals surface area (Å²) in [5, 5.41) is 0. The minimum atomic E-state index is 0.432. The quantitative estimate of drug-likeness (QED) is 0.526. The lowest BCUT2D eigenvalue weighted by molar-refractivity contribution is 0.0817. The van der Waals surface area contributed by atoms with E-state index < -0.39 is 0 Å². The molecule has 4 atom stereocenters. The summed E-state index contributed by atoms with van der Waals surface area (Å²) in [6.45, 7) is 9.05. The minimum Gasteiger partial charge on any atom is -0.399 e. The molecule has 2 saturated carbocycles. The van der Waals surface area contributed by atoms with Gasteiger partial charge in [0.2, 0.25) is 0 Å². The molecule has 1 heteroatoms. The van der Waals surface area contributed by atoms with Crippen LogP contribution in [0.3, 0.4) is 0 Å². The van der Waals surface area contributed by atoms with Gasteiger partial charge >= 0.3 is 0 Å². The summed E-state index contributed by atoms with van der Waals surface area (Å²) >= 11 is 0. The first-order valence-corrected chi connectivity index (χ1v) is 8.58. The Morgan fingerprint density at radius 2 is 2.00 bits per heavy atom. The molecule has 0 bridgehead atoms. The summed E-state index contributed by atoms with van der Waals surface area (Å²) in [5.41, 5.74) is 13.5. The van der Waals surface area contributed by atoms with Gasteiger partial charge in [0.05, 0.1) is 0 Å². The maximum Gasteiger partial charge on any atom is 0.0346 e. The van der Waals surface area contributed by atoms with Crippen molar-refractivity contribution in [2.75, 3.05) is 5.73 Å². The van der Waals surface area contributed by atoms with E-state index in [0.717, 1.165) is 23.4 Å². The van der Waals surface area contributed by atoms with E-state index in [1.807, 2.05) is 0 Å². The zero-order valence-corrected chi connectivity index (χ0v) is 13.4. The smallest absolute Gasteiger partial charge is 0.0346 e. The zero-order valence-electron chi connectivity index (χ0n) is 13.4. The van der Waals surface area contributed by atoms with Crippen molar-refractivity contribution in [1.29, 1.82) is 0 Å². The number of hydrogen-bond donors (Lipinski definition) is 1. The van der Waals surface area contributed by atoms with E-state index in [1.165, 1.54) is 55.2 Å². The highest BCUT2D eigenvalue weighted by atomic mass is 14.6. The van der Waals surface area contributed by atoms with Crippen molar-refractivity contribution in [1.82, 2.24) is 0 Å². The Labute approximate surface area is 128 Å². The van der Waals surface area contributed by atoms with Crippen LogP contribution >= 0.6 is 0 Å². The zero-order chi connectivity index (χ0) is 14.8. The topological polar surface area (TPSA) is 26.0 Å². The van der Waals surface area contributed by atoms with Crippen molar-refractivity contribution >= 4 is 5.69 Å². The van der Waals surface area contributed by atoms with E-state index in [2.05, 4.69) is 32.6 Å². The average molecular weight is 281 g/mol. The molecule has 1 aromatic rings. The molecule has 0 amide bonds. The van der Waals surface area contributed by atoms with Crippen molar-refractivity contribution < 1.29 is 0 Å². The van der Waals surface area contributed by atoms with E-state index in [4.69, 9.17) is 5.73 Å². The van der Waals surface area contributed by atoms with E-state index in [-0.39, 0.29) is 0 Å². The minimum absolute atomic E-state index is 0.432. The molecule has 4 rings (SSSR count). The van der Waals surface area contributed by atoms with Gasteiger partial charge in [0.1, 0.15) is 0 Å². The highest BCUT2D eigenvalue weighted by Gasteiger charge is 2.51. The van der Waals surface area contributed by atoms with Gasteiger partial charge in [-0.1, -0.05) is 25.1 Å². The van der Waals surface area contributed by atoms with Gasteiger partial charge in [-0.15, -0.1) is 0 Å². The first kappa shape index (κ1) is 13.4. The number of aryl methyl sites for hydroxylation is 2. The van der Waals surface area contributed by atoms with Crippen LogP contribution in [0.4, 0.5) is 5.69 Å². The summed E-state index contributed by atoms with van der Waals surface area (Å²) < 4.78 is 0. The van der Waals surface area contributed by atoms with Crippen LogP contribution in [-0.4, -0.2) is 0 Å². The monoisotopic (exact) mass is 281 g/mol. The van der Waals surface area contributed by atoms with Crippen molar-refractivity contribution in [3.63, 3.8) is 0 Å². The summed E-state index contributed by atoms with van der Waals surface area (Å²) in [6.07, 6.45) is 7.89. The maximum atomic E-state index is 6.13. The molecule has 0 heterocycles. The number of hydrogen-bond acceptors (Lipinski definition) is 1. The largest absolute Gasteiger partial charge is 0.399 e. The van der Waals surface area contributed by atoms with Gasteiger partial charge in [0.25, 0.3) is 0 Å². The van der Waals surface area contributed by atoms with Crippen LogP contribution in [0.5, 0.6) is 0 Å². The molecule has 112 valence electrons. The third-order valence-electron chi connectivity index (χ3n) is 7.07. The van der Waals surface area contributed by atoms with Crippen LogP contribution in [0.2, 0.25) is 0 Å². The average Bonchev–Trinajstić information content (AvgIpc) is 2.76. The lowest BCUT2D eigenvalue weighted by Gasteiger charge is -2.49. The Bertz CT molecular complexity index is 615. The van der Waals surface area contributed by atoms with Crippen molar-refractivity contribution in [3.05, 3.63) is 41.0 Å². The van der Waals surface area contributed by atoms with Gasteiger partial charge < -0.3 is 5.73 Å². The second-order valence-electron chi connectivity index (χ2n) is 7.92. The normalized spacial score (nSPS) is 37.8. The molecule has 0 aliphatic heterocycles. The Hall–Kier alpha value is -1.24. The highest BCUT2D eigenvalue weighted by molar-refractivity contribution is 5.53. The van der Waals surface area contributed by atoms with Gasteiger partial charge in [-0.05, 0) is 91.4 Å². The third-order valence-corrected chi connectivity index (χ3v) is 7.07. The molecule has 2 fully saturated rings. The van der Waals surface area contributed by atoms with Crippen molar-refractivity contribution in [3.8, 4) is 0 Å². The van der Waals surface area contributed by atoms with E-state index >= 15 is 0 Å². The molecule has 1 nitrogen and oxygen atoms in total. The standard InChI is InChI=1S/C20H27N/c1-12-10-17-14(11-19(12)21)5-6-16-15(17)8-9-20(3)13(2)4-7-18(16)20/h10-11,15-16,18H,2,4-9,21H2,1,3H3/t15?,16?,18?,20-/m1/s1. The third kappa shape index (κ3) is 1.76. The summed E-state index contributed by atoms with van der Waals surface area (Å²) in [6, 6.07) is 4.65. The fraction of sp³-hybridized carbons (Fsp3) is 0.600. The van der Waals surface area contributed by atoms with Gasteiger partial charge in [0, 0.05) is 5.69 Å². The van der Waals surface area contributed by atoms with Crippen LogP contribution in [0, 0.1) is 24.2 Å². The van der Waals surface area contributed by atoms with Gasteiger partial charge in [-0.3, -0.25) is 0 Å². The fourth-order valence-corrected chi connectivity index (χ4v) is 5.66. The van der Waals surface area contributed by atoms with Gasteiger partial charge in [-0.2, -0.15) is 0 Å². The van der Waals surface area contributed by atoms with Gasteiger partial charge in [-0.25, -0.2) is 0 Å². The highest BCUT2D eigenvalue weighted by Crippen LogP contribution is 2.62. The lowest BCUT2D eigenvalue weighted by Crippen LogP contribution is -2.40. The van der Waals surface area contributed by atoms with E-state index in [0.29, 0.717) is 5.41 Å². The molecular formula is C20H27N. The predicted octanol–water partition coefficient (Wildman–Crippen LogP) is 4.99. The number of benzene rings is 1. The van der Waals surface area contributed by atoms with E-state index in [1.54, 1.807) is 5.56 Å². The Morgan fingerprint density at radius 1 is 1.19 bits per heavy atom. The summed E-state index contributed by atoms with van der Waals surface area (Å²) in [5.74, 6) is 2.52. The molecular weight excluding hydrogens is 254 g/mol. The number of rotatable bonds is 0. The van der Waals surface area contributed by atoms with Crippen molar-refractivity contribution in [2.24, 2.45) is 17.3 Å². The number of fused-ring (bicyclic) bond motifs is 5. The van der Waals surface area contributed by atoms with Crippen LogP contribution < -0.4 is 5.73 Å². The van der Waals surface area contributed by atoms with Crippen molar-refractivity contribution in [2.45, 2.75) is 58.3 Å². The molecule has 21 heavy (non-hydrogen) atoms. The summed E-state index contributed by atoms with van der Waals surface area (Å²) in [4.78, 5) is 0. The SMILES string of the molecule is C=C1CCC2C3CCc4cc(N)c(C)cc4C3CC[C@]12C. The first-order chi connectivity index (χ1) is 10.0. The summed E-state index contributed by atoms with van der Waals surface area (Å²) in [7, 11) is 0. The number of nitrogen functional groups attached to an aromatic ring is 1. The Balaban J connectivity index is 1.75. The Morgan fingerprint density at radius 3 is 2.81 bits per heavy atom. The van der Waals surface area contributed by atoms with Crippen LogP contribution in [0.15, 0.2) is 24.3 Å². The van der Waals surface area contributed by atoms with Gasteiger partial charge in [0.15, 0.2) is 0 Å². The van der Waals surface area contributed by atoms with Crippen LogP contribution in [0.25, 0.3) is 0 Å². The van der Waals surface area contributed by atoms with Crippen LogP contribution in [-0.2, 0) is 6.42 Å². The molecule has 0 aromatic heterocycles. The van der Waals surface area contributed by atoms with E-state index in [9.17, 15) is 0 Å². The molecule has 0 radical (unpaired) electrons. The number of nitrogens with two attached hydrogens (primary N) is 1. The molecule has 3 aliphatic carbocycles. The number of allylic oxidation sites excluding steroid dienone is 1. The first-order valence-electron chi connectivity index (χ1n) is 8.58. The lowest BCUT2D eigenvalue weighted by atomic mass is 9.55. The molecule has 1 aromatic carbocycles. The Kier molecular flexibility index (Phi) is 2.80. The maximum absolute atomic E-state index is 6.13. The molecule has 0 spiro atoms. The van der Waals surface area contributed by atoms with Crippen LogP contribution in [0.1, 0.15) is 61.6 Å². The molecule has 3 aliphatic rings. The second kappa shape index (κ2) is 4.38. The molecule has 0 saturated heterocycles. The molecule has 3 unspecified atom stereocenters. The molecule has 2 N–H and O–H groups in total. The fourth-order valence-electron chi connectivity index (χ4n) is 5.66.